The van der Waals surface area contributed by atoms with Crippen LogP contribution in [0.3, 0.4) is 0 Å². The Balaban J connectivity index is 0.00000182. The number of nitrogens with zero attached hydrogens (tertiary/aromatic N) is 4. The third-order valence-electron chi connectivity index (χ3n) is 4.88. The van der Waals surface area contributed by atoms with E-state index in [0.29, 0.717) is 12.5 Å². The lowest BCUT2D eigenvalue weighted by molar-refractivity contribution is 0.380. The Kier molecular flexibility index (Phi) is 6.16. The van der Waals surface area contributed by atoms with Crippen molar-refractivity contribution in [1.29, 1.82) is 0 Å². The summed E-state index contributed by atoms with van der Waals surface area (Å²) in [6.07, 6.45) is 5.58. The van der Waals surface area contributed by atoms with Crippen molar-refractivity contribution in [3.8, 4) is 0 Å². The van der Waals surface area contributed by atoms with E-state index in [0.717, 1.165) is 31.3 Å². The van der Waals surface area contributed by atoms with Crippen LogP contribution in [0.2, 0.25) is 0 Å². The molecule has 2 aliphatic rings. The summed E-state index contributed by atoms with van der Waals surface area (Å²) in [6, 6.07) is 6.76. The number of aliphatic imine (C=N–C) groups is 1. The normalized spacial score (nSPS) is 17.4. The molecule has 0 bridgehead atoms. The number of nitrogens with two attached hydrogens (primary N) is 1. The van der Waals surface area contributed by atoms with Gasteiger partial charge in [-0.05, 0) is 36.0 Å². The number of thiazole rings is 1. The van der Waals surface area contributed by atoms with E-state index < -0.39 is 0 Å². The number of halogens is 1. The van der Waals surface area contributed by atoms with Crippen LogP contribution in [0.15, 0.2) is 34.8 Å². The number of hydrogen-bond acceptors (Lipinski definition) is 4. The fraction of sp³-hybridized carbons (Fsp3) is 0.444. The topological polar surface area (TPSA) is 57.8 Å². The smallest absolute Gasteiger partial charge is 0.191 e. The first-order valence-corrected chi connectivity index (χ1v) is 9.47. The van der Waals surface area contributed by atoms with Crippen LogP contribution in [0.4, 0.5) is 5.13 Å². The average Bonchev–Trinajstić information content (AvgIpc) is 3.31. The van der Waals surface area contributed by atoms with Crippen molar-refractivity contribution in [2.45, 2.75) is 25.8 Å². The molecular weight excluding hydrogens is 445 g/mol. The molecule has 1 aromatic carbocycles. The Morgan fingerprint density at radius 1 is 1.16 bits per heavy atom. The van der Waals surface area contributed by atoms with E-state index >= 15 is 0 Å². The Bertz CT molecular complexity index is 723. The van der Waals surface area contributed by atoms with Gasteiger partial charge in [-0.3, -0.25) is 0 Å². The van der Waals surface area contributed by atoms with Gasteiger partial charge in [0.15, 0.2) is 11.1 Å². The number of rotatable bonds is 3. The minimum atomic E-state index is 0. The molecule has 1 aromatic heterocycles. The van der Waals surface area contributed by atoms with E-state index in [1.807, 2.05) is 11.6 Å². The van der Waals surface area contributed by atoms with Crippen LogP contribution in [0.25, 0.3) is 0 Å². The molecule has 2 aromatic rings. The third kappa shape index (κ3) is 4.25. The van der Waals surface area contributed by atoms with Crippen molar-refractivity contribution in [3.63, 3.8) is 0 Å². The minimum Gasteiger partial charge on any atom is -0.370 e. The fourth-order valence-corrected chi connectivity index (χ4v) is 4.19. The van der Waals surface area contributed by atoms with Crippen LogP contribution in [-0.4, -0.2) is 42.0 Å². The highest BCUT2D eigenvalue weighted by Crippen LogP contribution is 2.23. The van der Waals surface area contributed by atoms with Crippen LogP contribution in [0, 0.1) is 0 Å². The summed E-state index contributed by atoms with van der Waals surface area (Å²) in [5.41, 5.74) is 10.5. The van der Waals surface area contributed by atoms with Gasteiger partial charge in [0.1, 0.15) is 0 Å². The Labute approximate surface area is 170 Å². The molecule has 0 atom stereocenters. The van der Waals surface area contributed by atoms with Crippen LogP contribution in [0.5, 0.6) is 0 Å². The monoisotopic (exact) mass is 469 g/mol. The van der Waals surface area contributed by atoms with E-state index in [2.05, 4.69) is 38.0 Å². The van der Waals surface area contributed by atoms with E-state index in [9.17, 15) is 0 Å². The first kappa shape index (κ1) is 18.4. The number of guanidine groups is 1. The van der Waals surface area contributed by atoms with Gasteiger partial charge in [-0.1, -0.05) is 18.2 Å². The maximum absolute atomic E-state index is 6.22. The van der Waals surface area contributed by atoms with Crippen molar-refractivity contribution in [2.75, 3.05) is 31.1 Å². The van der Waals surface area contributed by atoms with Crippen molar-refractivity contribution in [1.82, 2.24) is 9.88 Å². The second-order valence-electron chi connectivity index (χ2n) is 6.42. The summed E-state index contributed by atoms with van der Waals surface area (Å²) in [7, 11) is 0. The first-order valence-electron chi connectivity index (χ1n) is 8.59. The number of aryl methyl sites for hydroxylation is 2. The second kappa shape index (κ2) is 8.35. The third-order valence-corrected chi connectivity index (χ3v) is 5.71. The molecule has 25 heavy (non-hydrogen) atoms. The predicted octanol–water partition coefficient (Wildman–Crippen LogP) is 2.89. The molecule has 7 heteroatoms. The summed E-state index contributed by atoms with van der Waals surface area (Å²) in [5, 5.41) is 3.12. The maximum atomic E-state index is 6.22. The van der Waals surface area contributed by atoms with E-state index in [4.69, 9.17) is 5.73 Å². The second-order valence-corrected chi connectivity index (χ2v) is 7.29. The van der Waals surface area contributed by atoms with Gasteiger partial charge in [0.05, 0.1) is 6.54 Å². The molecule has 2 heterocycles. The molecule has 4 rings (SSSR count). The van der Waals surface area contributed by atoms with E-state index in [1.54, 1.807) is 11.3 Å². The van der Waals surface area contributed by atoms with Crippen molar-refractivity contribution < 1.29 is 0 Å². The molecule has 0 unspecified atom stereocenters. The quantitative estimate of drug-likeness (QED) is 0.427. The van der Waals surface area contributed by atoms with Crippen LogP contribution in [-0.2, 0) is 19.4 Å². The molecule has 1 aliphatic heterocycles. The highest BCUT2D eigenvalue weighted by Gasteiger charge is 2.19. The van der Waals surface area contributed by atoms with Crippen LogP contribution < -0.4 is 10.6 Å². The van der Waals surface area contributed by atoms with Gasteiger partial charge < -0.3 is 15.5 Å². The maximum Gasteiger partial charge on any atom is 0.191 e. The molecule has 1 fully saturated rings. The molecule has 134 valence electrons. The van der Waals surface area contributed by atoms with E-state index in [-0.39, 0.29) is 24.0 Å². The Morgan fingerprint density at radius 3 is 2.72 bits per heavy atom. The standard InChI is InChI=1S/C18H23N5S.HI/c19-17(21-13-14-4-5-15-2-1-3-16(15)12-14)22-7-9-23(10-8-22)18-20-6-11-24-18;/h4-6,11-12H,1-3,7-10,13H2,(H2,19,21);1H. The van der Waals surface area contributed by atoms with Crippen LogP contribution in [0.1, 0.15) is 23.1 Å². The van der Waals surface area contributed by atoms with E-state index in [1.165, 1.54) is 36.0 Å². The molecule has 0 amide bonds. The van der Waals surface area contributed by atoms with Gasteiger partial charge in [0.25, 0.3) is 0 Å². The summed E-state index contributed by atoms with van der Waals surface area (Å²) in [6.45, 7) is 4.37. The zero-order valence-corrected chi connectivity index (χ0v) is 17.4. The van der Waals surface area contributed by atoms with Crippen molar-refractivity contribution in [3.05, 3.63) is 46.5 Å². The van der Waals surface area contributed by atoms with Gasteiger partial charge in [0.2, 0.25) is 0 Å². The van der Waals surface area contributed by atoms with Gasteiger partial charge in [-0.2, -0.15) is 0 Å². The number of piperazine rings is 1. The minimum absolute atomic E-state index is 0. The summed E-state index contributed by atoms with van der Waals surface area (Å²) < 4.78 is 0. The van der Waals surface area contributed by atoms with Gasteiger partial charge >= 0.3 is 0 Å². The molecule has 5 nitrogen and oxygen atoms in total. The average molecular weight is 469 g/mol. The van der Waals surface area contributed by atoms with Crippen LogP contribution >= 0.6 is 35.3 Å². The van der Waals surface area contributed by atoms with Crippen molar-refractivity contribution >= 4 is 46.4 Å². The SMILES string of the molecule is I.NC(=NCc1ccc2c(c1)CCC2)N1CCN(c2nccs2)CC1. The number of aromatic nitrogens is 1. The molecule has 1 aliphatic carbocycles. The highest BCUT2D eigenvalue weighted by molar-refractivity contribution is 14.0. The molecule has 0 saturated carbocycles. The predicted molar refractivity (Wildman–Crippen MR) is 115 cm³/mol. The lowest BCUT2D eigenvalue weighted by Crippen LogP contribution is -2.51. The lowest BCUT2D eigenvalue weighted by atomic mass is 10.1. The zero-order chi connectivity index (χ0) is 16.4. The fourth-order valence-electron chi connectivity index (χ4n) is 3.49. The number of hydrogen-bond donors (Lipinski definition) is 1. The highest BCUT2D eigenvalue weighted by atomic mass is 127. The van der Waals surface area contributed by atoms with Gasteiger partial charge in [-0.15, -0.1) is 35.3 Å². The molecule has 0 spiro atoms. The Morgan fingerprint density at radius 2 is 1.96 bits per heavy atom. The van der Waals surface area contributed by atoms with Gasteiger partial charge in [-0.25, -0.2) is 9.98 Å². The summed E-state index contributed by atoms with van der Waals surface area (Å²) >= 11 is 1.69. The van der Waals surface area contributed by atoms with Crippen molar-refractivity contribution in [2.24, 2.45) is 10.7 Å². The number of fused-ring (bicyclic) bond motifs is 1. The molecule has 0 radical (unpaired) electrons. The largest absolute Gasteiger partial charge is 0.370 e. The number of anilines is 1. The molecule has 2 N–H and O–H groups in total. The molecular formula is C18H24IN5S. The zero-order valence-electron chi connectivity index (χ0n) is 14.2. The lowest BCUT2D eigenvalue weighted by Gasteiger charge is -2.35. The Hall–Kier alpha value is -1.35. The summed E-state index contributed by atoms with van der Waals surface area (Å²) in [5.74, 6) is 0.661. The van der Waals surface area contributed by atoms with Gasteiger partial charge in [0, 0.05) is 37.8 Å². The number of benzene rings is 1. The molecule has 1 saturated heterocycles. The first-order chi connectivity index (χ1) is 11.8. The summed E-state index contributed by atoms with van der Waals surface area (Å²) in [4.78, 5) is 13.5.